The fourth-order valence-corrected chi connectivity index (χ4v) is 2.85. The molecular formula is C13H8ClFN2O2S. The number of hydrogen-bond acceptors (Lipinski definition) is 3. The van der Waals surface area contributed by atoms with E-state index < -0.39 is 15.8 Å². The van der Waals surface area contributed by atoms with Gasteiger partial charge in [-0.3, -0.25) is 4.72 Å². The third kappa shape index (κ3) is 2.90. The van der Waals surface area contributed by atoms with Gasteiger partial charge < -0.3 is 0 Å². The van der Waals surface area contributed by atoms with E-state index in [1.54, 1.807) is 18.2 Å². The first-order valence-electron chi connectivity index (χ1n) is 5.41. The average molecular weight is 311 g/mol. The molecule has 0 radical (unpaired) electrons. The molecular weight excluding hydrogens is 303 g/mol. The topological polar surface area (TPSA) is 70.0 Å². The van der Waals surface area contributed by atoms with Crippen molar-refractivity contribution in [3.8, 4) is 6.07 Å². The van der Waals surface area contributed by atoms with Crippen molar-refractivity contribution in [3.63, 3.8) is 0 Å². The zero-order valence-corrected chi connectivity index (χ0v) is 11.5. The standard InChI is InChI=1S/C13H8ClFN2O2S/c14-11-3-1-2-4-13(11)17-20(18,19)10-5-6-12(15)9(7-10)8-16/h1-7,17H. The maximum absolute atomic E-state index is 13.2. The van der Waals surface area contributed by atoms with Gasteiger partial charge in [-0.2, -0.15) is 5.26 Å². The second-order valence-electron chi connectivity index (χ2n) is 3.84. The van der Waals surface area contributed by atoms with Gasteiger partial charge in [0.25, 0.3) is 10.0 Å². The number of halogens is 2. The molecule has 0 atom stereocenters. The summed E-state index contributed by atoms with van der Waals surface area (Å²) < 4.78 is 39.7. The highest BCUT2D eigenvalue weighted by atomic mass is 35.5. The summed E-state index contributed by atoms with van der Waals surface area (Å²) in [4.78, 5) is -0.213. The molecule has 7 heteroatoms. The van der Waals surface area contributed by atoms with E-state index in [4.69, 9.17) is 16.9 Å². The van der Waals surface area contributed by atoms with E-state index in [-0.39, 0.29) is 21.2 Å². The molecule has 2 aromatic carbocycles. The highest BCUT2D eigenvalue weighted by Crippen LogP contribution is 2.24. The van der Waals surface area contributed by atoms with Gasteiger partial charge in [-0.1, -0.05) is 23.7 Å². The van der Waals surface area contributed by atoms with E-state index in [9.17, 15) is 12.8 Å². The summed E-state index contributed by atoms with van der Waals surface area (Å²) in [5, 5.41) is 8.95. The lowest BCUT2D eigenvalue weighted by molar-refractivity contribution is 0.599. The second kappa shape index (κ2) is 5.49. The minimum Gasteiger partial charge on any atom is -0.278 e. The lowest BCUT2D eigenvalue weighted by Crippen LogP contribution is -2.13. The Bertz CT molecular complexity index is 800. The predicted octanol–water partition coefficient (Wildman–Crippen LogP) is 3.15. The zero-order valence-electron chi connectivity index (χ0n) is 9.97. The summed E-state index contributed by atoms with van der Waals surface area (Å²) in [7, 11) is -3.94. The first-order chi connectivity index (χ1) is 9.44. The monoisotopic (exact) mass is 310 g/mol. The van der Waals surface area contributed by atoms with E-state index in [0.29, 0.717) is 0 Å². The molecule has 0 unspecified atom stereocenters. The highest BCUT2D eigenvalue weighted by Gasteiger charge is 2.17. The fraction of sp³-hybridized carbons (Fsp3) is 0. The van der Waals surface area contributed by atoms with Crippen molar-refractivity contribution in [3.05, 3.63) is 58.9 Å². The van der Waals surface area contributed by atoms with Crippen LogP contribution in [0.3, 0.4) is 0 Å². The Labute approximate surface area is 120 Å². The van der Waals surface area contributed by atoms with Crippen LogP contribution in [-0.2, 0) is 10.0 Å². The summed E-state index contributed by atoms with van der Waals surface area (Å²) >= 11 is 5.86. The number of nitriles is 1. The Morgan fingerprint density at radius 2 is 1.90 bits per heavy atom. The average Bonchev–Trinajstić information content (AvgIpc) is 2.41. The molecule has 0 aliphatic heterocycles. The van der Waals surface area contributed by atoms with E-state index in [2.05, 4.69) is 4.72 Å². The number of nitrogens with one attached hydrogen (secondary N) is 1. The summed E-state index contributed by atoms with van der Waals surface area (Å²) in [6.07, 6.45) is 0. The Hall–Kier alpha value is -2.10. The molecule has 20 heavy (non-hydrogen) atoms. The minimum absolute atomic E-state index is 0.206. The van der Waals surface area contributed by atoms with Crippen molar-refractivity contribution in [2.45, 2.75) is 4.90 Å². The molecule has 102 valence electrons. The molecule has 0 saturated heterocycles. The maximum Gasteiger partial charge on any atom is 0.261 e. The van der Waals surface area contributed by atoms with Crippen molar-refractivity contribution >= 4 is 27.3 Å². The Morgan fingerprint density at radius 3 is 2.55 bits per heavy atom. The Balaban J connectivity index is 2.42. The van der Waals surface area contributed by atoms with E-state index >= 15 is 0 Å². The van der Waals surface area contributed by atoms with E-state index in [1.165, 1.54) is 12.1 Å². The van der Waals surface area contributed by atoms with Crippen LogP contribution in [0.25, 0.3) is 0 Å². The van der Waals surface area contributed by atoms with Gasteiger partial charge in [0, 0.05) is 0 Å². The summed E-state index contributed by atoms with van der Waals surface area (Å²) in [6.45, 7) is 0. The van der Waals surface area contributed by atoms with Crippen molar-refractivity contribution in [2.75, 3.05) is 4.72 Å². The van der Waals surface area contributed by atoms with Crippen LogP contribution in [0.1, 0.15) is 5.56 Å². The number of nitrogens with zero attached hydrogens (tertiary/aromatic N) is 1. The van der Waals surface area contributed by atoms with Gasteiger partial charge in [0.05, 0.1) is 21.2 Å². The molecule has 0 bridgehead atoms. The van der Waals surface area contributed by atoms with Gasteiger partial charge in [0.2, 0.25) is 0 Å². The van der Waals surface area contributed by atoms with E-state index in [1.807, 2.05) is 0 Å². The van der Waals surface area contributed by atoms with Crippen molar-refractivity contribution in [1.82, 2.24) is 0 Å². The van der Waals surface area contributed by atoms with Crippen LogP contribution in [0.5, 0.6) is 0 Å². The highest BCUT2D eigenvalue weighted by molar-refractivity contribution is 7.92. The minimum atomic E-state index is -3.94. The van der Waals surface area contributed by atoms with Crippen LogP contribution in [0.4, 0.5) is 10.1 Å². The fourth-order valence-electron chi connectivity index (χ4n) is 1.50. The SMILES string of the molecule is N#Cc1cc(S(=O)(=O)Nc2ccccc2Cl)ccc1F. The molecule has 0 saturated carbocycles. The molecule has 1 N–H and O–H groups in total. The van der Waals surface area contributed by atoms with Gasteiger partial charge in [0.1, 0.15) is 11.9 Å². The number of anilines is 1. The van der Waals surface area contributed by atoms with Crippen LogP contribution < -0.4 is 4.72 Å². The maximum atomic E-state index is 13.2. The zero-order chi connectivity index (χ0) is 14.8. The normalized spacial score (nSPS) is 10.8. The van der Waals surface area contributed by atoms with Crippen molar-refractivity contribution in [1.29, 1.82) is 5.26 Å². The molecule has 0 aliphatic carbocycles. The first kappa shape index (κ1) is 14.3. The molecule has 2 rings (SSSR count). The van der Waals surface area contributed by atoms with Crippen LogP contribution >= 0.6 is 11.6 Å². The molecule has 0 fully saturated rings. The lowest BCUT2D eigenvalue weighted by Gasteiger charge is -2.09. The van der Waals surface area contributed by atoms with Crippen molar-refractivity contribution in [2.24, 2.45) is 0 Å². The molecule has 0 heterocycles. The van der Waals surface area contributed by atoms with Crippen LogP contribution in [-0.4, -0.2) is 8.42 Å². The van der Waals surface area contributed by atoms with Crippen LogP contribution in [0.15, 0.2) is 47.4 Å². The predicted molar refractivity (Wildman–Crippen MR) is 73.4 cm³/mol. The van der Waals surface area contributed by atoms with Crippen molar-refractivity contribution < 1.29 is 12.8 Å². The second-order valence-corrected chi connectivity index (χ2v) is 5.93. The number of sulfonamides is 1. The number of hydrogen-bond donors (Lipinski definition) is 1. The largest absolute Gasteiger partial charge is 0.278 e. The summed E-state index contributed by atoms with van der Waals surface area (Å²) in [5.74, 6) is -0.774. The lowest BCUT2D eigenvalue weighted by atomic mass is 10.2. The van der Waals surface area contributed by atoms with E-state index in [0.717, 1.165) is 18.2 Å². The first-order valence-corrected chi connectivity index (χ1v) is 7.27. The smallest absolute Gasteiger partial charge is 0.261 e. The van der Waals surface area contributed by atoms with Gasteiger partial charge in [-0.15, -0.1) is 0 Å². The summed E-state index contributed by atoms with van der Waals surface area (Å²) in [6, 6.07) is 10.9. The van der Waals surface area contributed by atoms with Crippen LogP contribution in [0.2, 0.25) is 5.02 Å². The number of rotatable bonds is 3. The molecule has 0 amide bonds. The third-order valence-corrected chi connectivity index (χ3v) is 4.18. The number of benzene rings is 2. The van der Waals surface area contributed by atoms with Gasteiger partial charge in [0.15, 0.2) is 0 Å². The molecule has 0 spiro atoms. The molecule has 2 aromatic rings. The van der Waals surface area contributed by atoms with Gasteiger partial charge in [-0.05, 0) is 30.3 Å². The number of para-hydroxylation sites is 1. The van der Waals surface area contributed by atoms with Crippen LogP contribution in [0, 0.1) is 17.1 Å². The summed E-state index contributed by atoms with van der Waals surface area (Å²) in [5.41, 5.74) is -0.135. The Morgan fingerprint density at radius 1 is 1.20 bits per heavy atom. The Kier molecular flexibility index (Phi) is 3.93. The quantitative estimate of drug-likeness (QED) is 0.946. The molecule has 0 aliphatic rings. The van der Waals surface area contributed by atoms with Gasteiger partial charge in [-0.25, -0.2) is 12.8 Å². The molecule has 4 nitrogen and oxygen atoms in total. The molecule has 0 aromatic heterocycles. The van der Waals surface area contributed by atoms with Gasteiger partial charge >= 0.3 is 0 Å². The third-order valence-electron chi connectivity index (χ3n) is 2.49.